The van der Waals surface area contributed by atoms with E-state index in [1.807, 2.05) is 0 Å². The smallest absolute Gasteiger partial charge is 0.359 e. The van der Waals surface area contributed by atoms with Crippen LogP contribution in [0.2, 0.25) is 0 Å². The lowest BCUT2D eigenvalue weighted by Gasteiger charge is -2.11. The van der Waals surface area contributed by atoms with Gasteiger partial charge in [0.05, 0.1) is 12.2 Å². The first-order chi connectivity index (χ1) is 8.32. The van der Waals surface area contributed by atoms with Gasteiger partial charge in [-0.25, -0.2) is 4.79 Å². The number of ether oxygens (including phenoxy) is 1. The molecule has 0 aliphatic carbocycles. The van der Waals surface area contributed by atoms with Gasteiger partial charge in [0.15, 0.2) is 5.70 Å². The summed E-state index contributed by atoms with van der Waals surface area (Å²) in [7, 11) is -4.52. The first-order valence-corrected chi connectivity index (χ1v) is 6.66. The van der Waals surface area contributed by atoms with Gasteiger partial charge in [0, 0.05) is 0 Å². The van der Waals surface area contributed by atoms with Gasteiger partial charge in [0.25, 0.3) is 16.0 Å². The standard InChI is InChI=1S/C9H12N2O6S/c1-3-5(18(14,15)16)6-7(9(13)17-4-2)10-11-8(6)12/h5H,3-4H2,1-2H3,(H,14,15,16). The number of hydrogen-bond donors (Lipinski definition) is 1. The molecule has 18 heavy (non-hydrogen) atoms. The second-order valence-electron chi connectivity index (χ2n) is 3.40. The summed E-state index contributed by atoms with van der Waals surface area (Å²) in [6.45, 7) is 3.04. The number of amides is 1. The van der Waals surface area contributed by atoms with Crippen molar-refractivity contribution < 1.29 is 27.3 Å². The number of azo groups is 1. The summed E-state index contributed by atoms with van der Waals surface area (Å²) >= 11 is 0. The molecule has 1 rings (SSSR count). The fourth-order valence-electron chi connectivity index (χ4n) is 1.51. The fourth-order valence-corrected chi connectivity index (χ4v) is 2.44. The first kappa shape index (κ1) is 14.5. The molecule has 9 heteroatoms. The predicted octanol–water partition coefficient (Wildman–Crippen LogP) is 0.462. The molecule has 0 bridgehead atoms. The van der Waals surface area contributed by atoms with Gasteiger partial charge in [-0.15, -0.1) is 10.2 Å². The Balaban J connectivity index is 3.28. The molecule has 100 valence electrons. The molecular weight excluding hydrogens is 264 g/mol. The van der Waals surface area contributed by atoms with Gasteiger partial charge in [-0.2, -0.15) is 8.42 Å². The Morgan fingerprint density at radius 3 is 2.44 bits per heavy atom. The molecule has 0 aromatic carbocycles. The van der Waals surface area contributed by atoms with E-state index < -0.39 is 38.5 Å². The van der Waals surface area contributed by atoms with Crippen LogP contribution in [-0.4, -0.2) is 36.7 Å². The molecule has 1 aliphatic rings. The zero-order valence-corrected chi connectivity index (χ0v) is 10.6. The molecule has 0 spiro atoms. The summed E-state index contributed by atoms with van der Waals surface area (Å²) in [5.41, 5.74) is -0.912. The Morgan fingerprint density at radius 1 is 1.39 bits per heavy atom. The van der Waals surface area contributed by atoms with Crippen LogP contribution in [-0.2, 0) is 24.4 Å². The van der Waals surface area contributed by atoms with Crippen molar-refractivity contribution in [3.63, 3.8) is 0 Å². The third-order valence-electron chi connectivity index (χ3n) is 2.25. The number of carbonyl (C=O) groups excluding carboxylic acids is 2. The number of esters is 1. The Morgan fingerprint density at radius 2 is 2.00 bits per heavy atom. The van der Waals surface area contributed by atoms with Gasteiger partial charge >= 0.3 is 5.97 Å². The van der Waals surface area contributed by atoms with Crippen molar-refractivity contribution in [2.45, 2.75) is 25.5 Å². The molecule has 0 aromatic heterocycles. The summed E-state index contributed by atoms with van der Waals surface area (Å²) in [4.78, 5) is 22.9. The van der Waals surface area contributed by atoms with Crippen molar-refractivity contribution in [2.24, 2.45) is 10.2 Å². The van der Waals surface area contributed by atoms with E-state index in [-0.39, 0.29) is 13.0 Å². The Kier molecular flexibility index (Phi) is 4.30. The normalized spacial score (nSPS) is 17.2. The molecule has 1 atom stereocenters. The second-order valence-corrected chi connectivity index (χ2v) is 5.00. The Bertz CT molecular complexity index is 533. The van der Waals surface area contributed by atoms with Crippen molar-refractivity contribution in [3.8, 4) is 0 Å². The van der Waals surface area contributed by atoms with E-state index in [1.54, 1.807) is 6.92 Å². The first-order valence-electron chi connectivity index (χ1n) is 5.16. The molecule has 0 saturated heterocycles. The third-order valence-corrected chi connectivity index (χ3v) is 3.54. The minimum Gasteiger partial charge on any atom is -0.461 e. The van der Waals surface area contributed by atoms with Crippen molar-refractivity contribution in [2.75, 3.05) is 6.61 Å². The quantitative estimate of drug-likeness (QED) is 0.575. The van der Waals surface area contributed by atoms with Crippen LogP contribution in [0.15, 0.2) is 21.5 Å². The largest absolute Gasteiger partial charge is 0.461 e. The maximum atomic E-state index is 11.5. The van der Waals surface area contributed by atoms with Gasteiger partial charge in [0.1, 0.15) is 5.25 Å². The minimum absolute atomic E-state index is 0.0436. The highest BCUT2D eigenvalue weighted by molar-refractivity contribution is 7.86. The molecule has 0 fully saturated rings. The third kappa shape index (κ3) is 2.79. The van der Waals surface area contributed by atoms with Crippen LogP contribution in [0.3, 0.4) is 0 Å². The van der Waals surface area contributed by atoms with Crippen LogP contribution in [0.1, 0.15) is 20.3 Å². The average molecular weight is 276 g/mol. The number of rotatable bonds is 5. The lowest BCUT2D eigenvalue weighted by Crippen LogP contribution is -2.27. The molecule has 1 amide bonds. The van der Waals surface area contributed by atoms with Gasteiger partial charge in [-0.1, -0.05) is 6.92 Å². The number of carbonyl (C=O) groups is 2. The van der Waals surface area contributed by atoms with Gasteiger partial charge in [0.2, 0.25) is 0 Å². The van der Waals surface area contributed by atoms with E-state index in [1.165, 1.54) is 6.92 Å². The highest BCUT2D eigenvalue weighted by Crippen LogP contribution is 2.26. The molecule has 1 unspecified atom stereocenters. The lowest BCUT2D eigenvalue weighted by molar-refractivity contribution is -0.138. The molecule has 0 radical (unpaired) electrons. The highest BCUT2D eigenvalue weighted by Gasteiger charge is 2.38. The maximum Gasteiger partial charge on any atom is 0.359 e. The van der Waals surface area contributed by atoms with Gasteiger partial charge in [-0.05, 0) is 13.3 Å². The van der Waals surface area contributed by atoms with Crippen LogP contribution < -0.4 is 0 Å². The SMILES string of the molecule is CCOC(=O)C1=C(C(CC)S(=O)(=O)O)C(=O)N=N1. The van der Waals surface area contributed by atoms with E-state index in [9.17, 15) is 18.0 Å². The van der Waals surface area contributed by atoms with Crippen molar-refractivity contribution >= 4 is 22.0 Å². The topological polar surface area (TPSA) is 122 Å². The van der Waals surface area contributed by atoms with E-state index >= 15 is 0 Å². The molecule has 8 nitrogen and oxygen atoms in total. The number of nitrogens with zero attached hydrogens (tertiary/aromatic N) is 2. The summed E-state index contributed by atoms with van der Waals surface area (Å²) in [6.07, 6.45) is -0.0894. The summed E-state index contributed by atoms with van der Waals surface area (Å²) < 4.78 is 36.0. The predicted molar refractivity (Wildman–Crippen MR) is 59.1 cm³/mol. The van der Waals surface area contributed by atoms with E-state index in [4.69, 9.17) is 4.55 Å². The van der Waals surface area contributed by atoms with Crippen LogP contribution >= 0.6 is 0 Å². The molecule has 1 aliphatic heterocycles. The Hall–Kier alpha value is -1.61. The van der Waals surface area contributed by atoms with E-state index in [0.717, 1.165) is 0 Å². The van der Waals surface area contributed by atoms with Crippen molar-refractivity contribution in [3.05, 3.63) is 11.3 Å². The van der Waals surface area contributed by atoms with Gasteiger partial charge < -0.3 is 4.74 Å². The summed E-state index contributed by atoms with van der Waals surface area (Å²) in [5.74, 6) is -1.90. The number of hydrogen-bond acceptors (Lipinski definition) is 6. The van der Waals surface area contributed by atoms with Crippen LogP contribution in [0, 0.1) is 0 Å². The van der Waals surface area contributed by atoms with E-state index in [0.29, 0.717) is 0 Å². The lowest BCUT2D eigenvalue weighted by atomic mass is 10.1. The molecule has 0 saturated carbocycles. The van der Waals surface area contributed by atoms with Crippen molar-refractivity contribution in [1.29, 1.82) is 0 Å². The monoisotopic (exact) mass is 276 g/mol. The second kappa shape index (κ2) is 5.36. The van der Waals surface area contributed by atoms with Crippen LogP contribution in [0.4, 0.5) is 0 Å². The zero-order valence-electron chi connectivity index (χ0n) is 9.78. The van der Waals surface area contributed by atoms with Crippen LogP contribution in [0.5, 0.6) is 0 Å². The highest BCUT2D eigenvalue weighted by atomic mass is 32.2. The Labute approximate surface area is 103 Å². The van der Waals surface area contributed by atoms with Gasteiger partial charge in [-0.3, -0.25) is 9.35 Å². The van der Waals surface area contributed by atoms with E-state index in [2.05, 4.69) is 15.0 Å². The summed E-state index contributed by atoms with van der Waals surface area (Å²) in [6, 6.07) is 0. The zero-order chi connectivity index (χ0) is 13.9. The van der Waals surface area contributed by atoms with Crippen molar-refractivity contribution in [1.82, 2.24) is 0 Å². The molecule has 0 aromatic rings. The molecular formula is C9H12N2O6S. The summed E-state index contributed by atoms with van der Waals surface area (Å²) in [5, 5.41) is 4.90. The average Bonchev–Trinajstić information content (AvgIpc) is 2.60. The maximum absolute atomic E-state index is 11.5. The van der Waals surface area contributed by atoms with Crippen LogP contribution in [0.25, 0.3) is 0 Å². The molecule has 1 heterocycles. The molecule has 1 N–H and O–H groups in total. The minimum atomic E-state index is -4.52. The fraction of sp³-hybridized carbons (Fsp3) is 0.556.